The van der Waals surface area contributed by atoms with E-state index in [1.54, 1.807) is 18.2 Å². The SMILES string of the molecule is COc1ccc(C)cc1S(=O)(=O)[C@@H]1CS(=O)(=O)C[C@H]1N1CCCC1. The van der Waals surface area contributed by atoms with E-state index in [9.17, 15) is 16.8 Å². The lowest BCUT2D eigenvalue weighted by molar-refractivity contribution is 0.264. The first-order chi connectivity index (χ1) is 11.2. The van der Waals surface area contributed by atoms with Gasteiger partial charge in [0, 0.05) is 6.04 Å². The van der Waals surface area contributed by atoms with Crippen LogP contribution in [0, 0.1) is 6.92 Å². The Kier molecular flexibility index (Phi) is 4.65. The number of aryl methyl sites for hydroxylation is 1. The maximum atomic E-state index is 13.3. The Hall–Kier alpha value is -1.12. The molecular formula is C16H23NO5S2. The number of sulfone groups is 2. The molecule has 0 spiro atoms. The van der Waals surface area contributed by atoms with Gasteiger partial charge in [0.15, 0.2) is 19.7 Å². The van der Waals surface area contributed by atoms with Gasteiger partial charge in [-0.3, -0.25) is 4.90 Å². The van der Waals surface area contributed by atoms with Crippen molar-refractivity contribution in [1.82, 2.24) is 4.90 Å². The van der Waals surface area contributed by atoms with Crippen molar-refractivity contribution in [2.24, 2.45) is 0 Å². The molecule has 3 rings (SSSR count). The summed E-state index contributed by atoms with van der Waals surface area (Å²) in [5.74, 6) is -0.122. The van der Waals surface area contributed by atoms with Crippen LogP contribution in [0.3, 0.4) is 0 Å². The molecule has 2 saturated heterocycles. The summed E-state index contributed by atoms with van der Waals surface area (Å²) in [5.41, 5.74) is 0.799. The van der Waals surface area contributed by atoms with E-state index in [1.807, 2.05) is 11.8 Å². The van der Waals surface area contributed by atoms with Crippen LogP contribution < -0.4 is 4.74 Å². The van der Waals surface area contributed by atoms with Crippen molar-refractivity contribution in [3.8, 4) is 5.75 Å². The molecule has 0 bridgehead atoms. The highest BCUT2D eigenvalue weighted by Gasteiger charge is 2.49. The third-order valence-electron chi connectivity index (χ3n) is 4.91. The first-order valence-corrected chi connectivity index (χ1v) is 11.4. The highest BCUT2D eigenvalue weighted by molar-refractivity contribution is 7.96. The molecule has 0 amide bonds. The number of hydrogen-bond acceptors (Lipinski definition) is 6. The fourth-order valence-corrected chi connectivity index (χ4v) is 8.75. The molecule has 2 fully saturated rings. The second-order valence-corrected chi connectivity index (χ2v) is 10.9. The van der Waals surface area contributed by atoms with Crippen molar-refractivity contribution in [2.45, 2.75) is 36.0 Å². The molecular weight excluding hydrogens is 350 g/mol. The molecule has 2 aliphatic heterocycles. The maximum absolute atomic E-state index is 13.3. The molecule has 6 nitrogen and oxygen atoms in total. The third kappa shape index (κ3) is 3.19. The first kappa shape index (κ1) is 17.7. The second kappa shape index (κ2) is 6.31. The standard InChI is InChI=1S/C16H23NO5S2/c1-12-5-6-14(22-2)15(9-12)24(20,21)16-11-23(18,19)10-13(16)17-7-3-4-8-17/h5-6,9,13,16H,3-4,7-8,10-11H2,1-2H3/t13-,16-/m1/s1. The number of rotatable bonds is 4. The monoisotopic (exact) mass is 373 g/mol. The molecule has 0 radical (unpaired) electrons. The van der Waals surface area contributed by atoms with Gasteiger partial charge in [0.05, 0.1) is 23.9 Å². The van der Waals surface area contributed by atoms with E-state index in [2.05, 4.69) is 0 Å². The van der Waals surface area contributed by atoms with Crippen LogP contribution in [0.1, 0.15) is 18.4 Å². The Balaban J connectivity index is 2.05. The molecule has 0 unspecified atom stereocenters. The van der Waals surface area contributed by atoms with Gasteiger partial charge in [-0.2, -0.15) is 0 Å². The van der Waals surface area contributed by atoms with Crippen molar-refractivity contribution < 1.29 is 21.6 Å². The van der Waals surface area contributed by atoms with Crippen LogP contribution in [-0.4, -0.2) is 64.7 Å². The summed E-state index contributed by atoms with van der Waals surface area (Å²) >= 11 is 0. The van der Waals surface area contributed by atoms with Crippen LogP contribution in [0.25, 0.3) is 0 Å². The van der Waals surface area contributed by atoms with Gasteiger partial charge in [-0.1, -0.05) is 6.07 Å². The molecule has 0 saturated carbocycles. The van der Waals surface area contributed by atoms with E-state index in [4.69, 9.17) is 4.74 Å². The van der Waals surface area contributed by atoms with Crippen LogP contribution >= 0.6 is 0 Å². The molecule has 8 heteroatoms. The Morgan fingerprint density at radius 3 is 2.46 bits per heavy atom. The largest absolute Gasteiger partial charge is 0.495 e. The number of ether oxygens (including phenoxy) is 1. The summed E-state index contributed by atoms with van der Waals surface area (Å²) < 4.78 is 56.1. The van der Waals surface area contributed by atoms with Crippen LogP contribution in [0.15, 0.2) is 23.1 Å². The van der Waals surface area contributed by atoms with E-state index in [0.717, 1.165) is 31.5 Å². The Morgan fingerprint density at radius 2 is 1.83 bits per heavy atom. The smallest absolute Gasteiger partial charge is 0.187 e. The van der Waals surface area contributed by atoms with Crippen LogP contribution in [0.2, 0.25) is 0 Å². The summed E-state index contributed by atoms with van der Waals surface area (Å²) in [6.45, 7) is 3.33. The van der Waals surface area contributed by atoms with Gasteiger partial charge in [-0.05, 0) is 50.6 Å². The molecule has 1 aromatic carbocycles. The van der Waals surface area contributed by atoms with E-state index in [1.165, 1.54) is 7.11 Å². The molecule has 0 aromatic heterocycles. The normalized spacial score (nSPS) is 27.4. The first-order valence-electron chi connectivity index (χ1n) is 8.07. The highest BCUT2D eigenvalue weighted by atomic mass is 32.2. The predicted molar refractivity (Wildman–Crippen MR) is 92.0 cm³/mol. The van der Waals surface area contributed by atoms with Crippen molar-refractivity contribution in [3.63, 3.8) is 0 Å². The summed E-state index contributed by atoms with van der Waals surface area (Å²) in [7, 11) is -5.75. The topological polar surface area (TPSA) is 80.8 Å². The minimum Gasteiger partial charge on any atom is -0.495 e. The van der Waals surface area contributed by atoms with Crippen molar-refractivity contribution in [1.29, 1.82) is 0 Å². The summed E-state index contributed by atoms with van der Waals surface area (Å²) in [6, 6.07) is 4.51. The lowest BCUT2D eigenvalue weighted by atomic mass is 10.2. The minimum atomic E-state index is -3.81. The molecule has 2 atom stereocenters. The van der Waals surface area contributed by atoms with E-state index < -0.39 is 31.0 Å². The van der Waals surface area contributed by atoms with Gasteiger partial charge in [-0.15, -0.1) is 0 Å². The second-order valence-electron chi connectivity index (χ2n) is 6.63. The van der Waals surface area contributed by atoms with Crippen LogP contribution in [-0.2, 0) is 19.7 Å². The number of nitrogens with zero attached hydrogens (tertiary/aromatic N) is 1. The molecule has 1 aromatic rings. The molecule has 24 heavy (non-hydrogen) atoms. The highest BCUT2D eigenvalue weighted by Crippen LogP contribution is 2.34. The molecule has 2 heterocycles. The third-order valence-corrected chi connectivity index (χ3v) is 9.04. The fraction of sp³-hybridized carbons (Fsp3) is 0.625. The quantitative estimate of drug-likeness (QED) is 0.784. The molecule has 0 aliphatic carbocycles. The lowest BCUT2D eigenvalue weighted by Gasteiger charge is -2.28. The number of likely N-dealkylation sites (tertiary alicyclic amines) is 1. The van der Waals surface area contributed by atoms with Gasteiger partial charge in [0.2, 0.25) is 0 Å². The Bertz CT molecular complexity index is 826. The van der Waals surface area contributed by atoms with Crippen LogP contribution in [0.5, 0.6) is 5.75 Å². The van der Waals surface area contributed by atoms with Gasteiger partial charge in [0.25, 0.3) is 0 Å². The molecule has 2 aliphatic rings. The van der Waals surface area contributed by atoms with Gasteiger partial charge < -0.3 is 4.74 Å². The average Bonchev–Trinajstić information content (AvgIpc) is 3.14. The van der Waals surface area contributed by atoms with Gasteiger partial charge in [-0.25, -0.2) is 16.8 Å². The fourth-order valence-electron chi connectivity index (χ4n) is 3.68. The molecule has 134 valence electrons. The van der Waals surface area contributed by atoms with Crippen molar-refractivity contribution in [2.75, 3.05) is 31.7 Å². The van der Waals surface area contributed by atoms with Crippen molar-refractivity contribution >= 4 is 19.7 Å². The zero-order chi connectivity index (χ0) is 17.5. The lowest BCUT2D eigenvalue weighted by Crippen LogP contribution is -2.45. The van der Waals surface area contributed by atoms with E-state index in [0.29, 0.717) is 0 Å². The average molecular weight is 373 g/mol. The minimum absolute atomic E-state index is 0.0783. The van der Waals surface area contributed by atoms with E-state index >= 15 is 0 Å². The number of hydrogen-bond donors (Lipinski definition) is 0. The summed E-state index contributed by atoms with van der Waals surface area (Å²) in [5, 5.41) is -0.934. The van der Waals surface area contributed by atoms with Crippen LogP contribution in [0.4, 0.5) is 0 Å². The maximum Gasteiger partial charge on any atom is 0.187 e. The number of benzene rings is 1. The molecule has 0 N–H and O–H groups in total. The van der Waals surface area contributed by atoms with E-state index in [-0.39, 0.29) is 22.2 Å². The van der Waals surface area contributed by atoms with Gasteiger partial charge in [0.1, 0.15) is 10.6 Å². The van der Waals surface area contributed by atoms with Gasteiger partial charge >= 0.3 is 0 Å². The predicted octanol–water partition coefficient (Wildman–Crippen LogP) is 1.04. The zero-order valence-electron chi connectivity index (χ0n) is 13.9. The zero-order valence-corrected chi connectivity index (χ0v) is 15.6. The number of methoxy groups -OCH3 is 1. The Morgan fingerprint density at radius 1 is 1.17 bits per heavy atom. The van der Waals surface area contributed by atoms with Crippen molar-refractivity contribution in [3.05, 3.63) is 23.8 Å². The summed E-state index contributed by atoms with van der Waals surface area (Å²) in [6.07, 6.45) is 1.97. The Labute approximate surface area is 143 Å². The summed E-state index contributed by atoms with van der Waals surface area (Å²) in [4.78, 5) is 2.12.